The van der Waals surface area contributed by atoms with Crippen molar-refractivity contribution in [3.05, 3.63) is 46.0 Å². The van der Waals surface area contributed by atoms with E-state index in [0.717, 1.165) is 5.56 Å². The predicted molar refractivity (Wildman–Crippen MR) is 60.1 cm³/mol. The van der Waals surface area contributed by atoms with E-state index in [1.165, 1.54) is 0 Å². The van der Waals surface area contributed by atoms with Gasteiger partial charge in [-0.15, -0.1) is 0 Å². The molecule has 0 aromatic heterocycles. The fourth-order valence-electron chi connectivity index (χ4n) is 2.59. The lowest BCUT2D eigenvalue weighted by molar-refractivity contribution is -0.534. The van der Waals surface area contributed by atoms with E-state index in [0.29, 0.717) is 6.29 Å². The Balaban J connectivity index is 2.39. The van der Waals surface area contributed by atoms with E-state index in [9.17, 15) is 20.0 Å². The highest BCUT2D eigenvalue weighted by molar-refractivity contribution is 5.57. The smallest absolute Gasteiger partial charge is 0.246 e. The lowest BCUT2D eigenvalue weighted by Crippen LogP contribution is -2.33. The van der Waals surface area contributed by atoms with Gasteiger partial charge in [0.15, 0.2) is 0 Å². The summed E-state index contributed by atoms with van der Waals surface area (Å²) < 4.78 is 0. The number of aldehydes is 1. The molecule has 2 rings (SSSR count). The first-order valence-electron chi connectivity index (χ1n) is 5.47. The van der Waals surface area contributed by atoms with Gasteiger partial charge in [-0.3, -0.25) is 10.1 Å². The van der Waals surface area contributed by atoms with Crippen LogP contribution in [0.4, 0.5) is 0 Å². The normalized spacial score (nSPS) is 32.3. The van der Waals surface area contributed by atoms with Crippen LogP contribution >= 0.6 is 0 Å². The van der Waals surface area contributed by atoms with Gasteiger partial charge in [0.05, 0.1) is 5.92 Å². The molecule has 90 valence electrons. The van der Waals surface area contributed by atoms with Crippen molar-refractivity contribution in [1.82, 2.24) is 0 Å². The highest BCUT2D eigenvalue weighted by Crippen LogP contribution is 2.40. The van der Waals surface area contributed by atoms with E-state index < -0.39 is 28.9 Å². The molecule has 1 aliphatic carbocycles. The highest BCUT2D eigenvalue weighted by Gasteiger charge is 2.50. The molecule has 5 nitrogen and oxygen atoms in total. The minimum absolute atomic E-state index is 0.161. The van der Waals surface area contributed by atoms with Gasteiger partial charge in [-0.25, -0.2) is 0 Å². The molecule has 1 saturated carbocycles. The molecule has 1 aliphatic rings. The number of hydrogen-bond donors (Lipinski definition) is 1. The third-order valence-corrected chi connectivity index (χ3v) is 3.34. The predicted octanol–water partition coefficient (Wildman–Crippen LogP) is 0.995. The van der Waals surface area contributed by atoms with Crippen LogP contribution in [0.1, 0.15) is 17.9 Å². The number of benzene rings is 1. The Hall–Kier alpha value is -1.75. The summed E-state index contributed by atoms with van der Waals surface area (Å²) >= 11 is 0. The van der Waals surface area contributed by atoms with E-state index >= 15 is 0 Å². The van der Waals surface area contributed by atoms with E-state index in [2.05, 4.69) is 0 Å². The maximum absolute atomic E-state index is 11.0. The number of nitrogens with zero attached hydrogens (tertiary/aromatic N) is 1. The molecular weight excluding hydrogens is 222 g/mol. The molecule has 1 aromatic rings. The summed E-state index contributed by atoms with van der Waals surface area (Å²) in [7, 11) is 0. The zero-order valence-electron chi connectivity index (χ0n) is 9.10. The minimum atomic E-state index is -1.09. The molecule has 17 heavy (non-hydrogen) atoms. The number of aliphatic hydroxyl groups excluding tert-OH is 1. The lowest BCUT2D eigenvalue weighted by atomic mass is 9.87. The summed E-state index contributed by atoms with van der Waals surface area (Å²) in [6, 6.07) is 7.79. The van der Waals surface area contributed by atoms with Crippen LogP contribution in [-0.2, 0) is 4.79 Å². The summed E-state index contributed by atoms with van der Waals surface area (Å²) in [5.41, 5.74) is 0.739. The average Bonchev–Trinajstić information content (AvgIpc) is 2.67. The first-order chi connectivity index (χ1) is 8.15. The Morgan fingerprint density at radius 1 is 1.35 bits per heavy atom. The monoisotopic (exact) mass is 235 g/mol. The van der Waals surface area contributed by atoms with Crippen molar-refractivity contribution in [3.63, 3.8) is 0 Å². The Bertz CT molecular complexity index is 420. The summed E-state index contributed by atoms with van der Waals surface area (Å²) in [6.45, 7) is 0. The number of nitro groups is 1. The van der Waals surface area contributed by atoms with Gasteiger partial charge in [-0.05, 0) is 12.0 Å². The summed E-state index contributed by atoms with van der Waals surface area (Å²) in [5.74, 6) is -1.01. The quantitative estimate of drug-likeness (QED) is 0.481. The van der Waals surface area contributed by atoms with Crippen molar-refractivity contribution in [1.29, 1.82) is 0 Å². The van der Waals surface area contributed by atoms with Gasteiger partial charge < -0.3 is 9.90 Å². The van der Waals surface area contributed by atoms with Crippen LogP contribution < -0.4 is 0 Å². The van der Waals surface area contributed by atoms with Crippen LogP contribution in [0.2, 0.25) is 0 Å². The molecule has 0 unspecified atom stereocenters. The molecule has 5 heteroatoms. The van der Waals surface area contributed by atoms with Crippen molar-refractivity contribution < 1.29 is 14.8 Å². The molecular formula is C12H13NO4. The average molecular weight is 235 g/mol. The van der Waals surface area contributed by atoms with Gasteiger partial charge in [0.1, 0.15) is 12.4 Å². The number of carbonyl (C=O) groups excluding carboxylic acids is 1. The molecule has 1 fully saturated rings. The Morgan fingerprint density at radius 3 is 2.53 bits per heavy atom. The van der Waals surface area contributed by atoms with Gasteiger partial charge in [-0.1, -0.05) is 30.3 Å². The second-order valence-corrected chi connectivity index (χ2v) is 4.32. The van der Waals surface area contributed by atoms with Crippen LogP contribution in [0.15, 0.2) is 30.3 Å². The molecule has 0 bridgehead atoms. The van der Waals surface area contributed by atoms with Crippen molar-refractivity contribution in [2.24, 2.45) is 5.92 Å². The molecule has 0 radical (unpaired) electrons. The molecule has 0 amide bonds. The fraction of sp³-hybridized carbons (Fsp3) is 0.417. The number of carbonyl (C=O) groups is 1. The number of hydrogen-bond acceptors (Lipinski definition) is 4. The molecule has 0 saturated heterocycles. The van der Waals surface area contributed by atoms with Crippen molar-refractivity contribution in [3.8, 4) is 0 Å². The van der Waals surface area contributed by atoms with Crippen LogP contribution in [0.3, 0.4) is 0 Å². The standard InChI is InChI=1S/C12H13NO4/c14-7-9-6-10(15)12(13(16)17)11(9)8-4-2-1-3-5-8/h1-5,7,9-12,15H,6H2/t9-,10-,11-,12-/m1/s1. The Morgan fingerprint density at radius 2 is 2.00 bits per heavy atom. The molecule has 0 heterocycles. The highest BCUT2D eigenvalue weighted by atomic mass is 16.6. The van der Waals surface area contributed by atoms with Crippen molar-refractivity contribution in [2.75, 3.05) is 0 Å². The van der Waals surface area contributed by atoms with Crippen LogP contribution in [0.25, 0.3) is 0 Å². The summed E-state index contributed by atoms with van der Waals surface area (Å²) in [5, 5.41) is 20.7. The molecule has 1 aromatic carbocycles. The third-order valence-electron chi connectivity index (χ3n) is 3.34. The number of rotatable bonds is 3. The second kappa shape index (κ2) is 4.63. The maximum Gasteiger partial charge on any atom is 0.246 e. The van der Waals surface area contributed by atoms with Crippen LogP contribution in [0, 0.1) is 16.0 Å². The van der Waals surface area contributed by atoms with Gasteiger partial charge >= 0.3 is 0 Å². The first-order valence-corrected chi connectivity index (χ1v) is 5.47. The van der Waals surface area contributed by atoms with E-state index in [4.69, 9.17) is 0 Å². The molecule has 0 spiro atoms. The zero-order chi connectivity index (χ0) is 12.4. The van der Waals surface area contributed by atoms with Crippen LogP contribution in [-0.4, -0.2) is 28.5 Å². The Labute approximate surface area is 98.2 Å². The van der Waals surface area contributed by atoms with Gasteiger partial charge in [0.2, 0.25) is 6.04 Å². The van der Waals surface area contributed by atoms with E-state index in [1.807, 2.05) is 6.07 Å². The molecule has 1 N–H and O–H groups in total. The summed E-state index contributed by atoms with van der Waals surface area (Å²) in [4.78, 5) is 21.5. The maximum atomic E-state index is 11.0. The zero-order valence-corrected chi connectivity index (χ0v) is 9.10. The number of aliphatic hydroxyl groups is 1. The van der Waals surface area contributed by atoms with Gasteiger partial charge in [-0.2, -0.15) is 0 Å². The van der Waals surface area contributed by atoms with Gasteiger partial charge in [0, 0.05) is 10.8 Å². The minimum Gasteiger partial charge on any atom is -0.386 e. The topological polar surface area (TPSA) is 80.4 Å². The Kier molecular flexibility index (Phi) is 3.19. The SMILES string of the molecule is O=C[C@H]1C[C@@H](O)[C@@H]([N+](=O)[O-])[C@@H]1c1ccccc1. The molecule has 4 atom stereocenters. The van der Waals surface area contributed by atoms with Crippen molar-refractivity contribution in [2.45, 2.75) is 24.5 Å². The van der Waals surface area contributed by atoms with E-state index in [-0.39, 0.29) is 6.42 Å². The van der Waals surface area contributed by atoms with Crippen molar-refractivity contribution >= 4 is 6.29 Å². The second-order valence-electron chi connectivity index (χ2n) is 4.32. The largest absolute Gasteiger partial charge is 0.386 e. The van der Waals surface area contributed by atoms with Gasteiger partial charge in [0.25, 0.3) is 0 Å². The summed E-state index contributed by atoms with van der Waals surface area (Å²) in [6.07, 6.45) is -0.176. The van der Waals surface area contributed by atoms with Crippen LogP contribution in [0.5, 0.6) is 0 Å². The fourth-order valence-corrected chi connectivity index (χ4v) is 2.59. The third kappa shape index (κ3) is 2.06. The molecule has 0 aliphatic heterocycles. The first kappa shape index (κ1) is 11.7. The lowest BCUT2D eigenvalue weighted by Gasteiger charge is -2.17. The van der Waals surface area contributed by atoms with E-state index in [1.54, 1.807) is 24.3 Å².